The average Bonchev–Trinajstić information content (AvgIpc) is 2.37. The van der Waals surface area contributed by atoms with Crippen molar-refractivity contribution >= 4 is 5.97 Å². The van der Waals surface area contributed by atoms with Gasteiger partial charge in [0.1, 0.15) is 6.10 Å². The molecule has 0 radical (unpaired) electrons. The number of hydrogen-bond acceptors (Lipinski definition) is 2. The lowest BCUT2D eigenvalue weighted by Gasteiger charge is -2.18. The van der Waals surface area contributed by atoms with Gasteiger partial charge in [-0.1, -0.05) is 57.9 Å². The van der Waals surface area contributed by atoms with Crippen LogP contribution in [0.3, 0.4) is 0 Å². The van der Waals surface area contributed by atoms with Crippen LogP contribution >= 0.6 is 0 Å². The normalized spacial score (nSPS) is 18.3. The highest BCUT2D eigenvalue weighted by molar-refractivity contribution is 5.66. The number of allylic oxidation sites excluding steroid dienone is 4. The summed E-state index contributed by atoms with van der Waals surface area (Å²) >= 11 is 0. The number of rotatable bonds is 9. The molecule has 0 fully saturated rings. The smallest absolute Gasteiger partial charge is 0.302 e. The van der Waals surface area contributed by atoms with Crippen LogP contribution in [0, 0.1) is 17.8 Å². The van der Waals surface area contributed by atoms with Gasteiger partial charge in [-0.3, -0.25) is 4.79 Å². The van der Waals surface area contributed by atoms with Crippen molar-refractivity contribution in [1.82, 2.24) is 0 Å². The van der Waals surface area contributed by atoms with Crippen LogP contribution in [-0.4, -0.2) is 12.1 Å². The second-order valence-electron chi connectivity index (χ2n) is 6.57. The summed E-state index contributed by atoms with van der Waals surface area (Å²) in [5.41, 5.74) is 1.32. The SMILES string of the molecule is CCC(C)CC(C)C=C(C)C=CCC(C)C(C)OC(C)=O. The summed E-state index contributed by atoms with van der Waals surface area (Å²) in [5.74, 6) is 1.56. The molecule has 21 heavy (non-hydrogen) atoms. The van der Waals surface area contributed by atoms with Crippen molar-refractivity contribution in [1.29, 1.82) is 0 Å². The van der Waals surface area contributed by atoms with Gasteiger partial charge in [-0.25, -0.2) is 0 Å². The molecule has 0 rings (SSSR count). The first-order valence-electron chi connectivity index (χ1n) is 8.28. The van der Waals surface area contributed by atoms with Crippen molar-refractivity contribution in [3.05, 3.63) is 23.8 Å². The highest BCUT2D eigenvalue weighted by Gasteiger charge is 2.13. The summed E-state index contributed by atoms with van der Waals surface area (Å²) in [7, 11) is 0. The maximum absolute atomic E-state index is 10.9. The first kappa shape index (κ1) is 19.9. The Morgan fingerprint density at radius 2 is 1.76 bits per heavy atom. The van der Waals surface area contributed by atoms with E-state index in [9.17, 15) is 4.79 Å². The largest absolute Gasteiger partial charge is 0.463 e. The van der Waals surface area contributed by atoms with Crippen molar-refractivity contribution in [2.45, 2.75) is 73.8 Å². The molecular formula is C19H34O2. The van der Waals surface area contributed by atoms with E-state index in [0.717, 1.165) is 12.3 Å². The Labute approximate surface area is 131 Å². The Bertz CT molecular complexity index is 355. The van der Waals surface area contributed by atoms with E-state index in [2.05, 4.69) is 52.8 Å². The van der Waals surface area contributed by atoms with E-state index in [1.165, 1.54) is 25.3 Å². The zero-order chi connectivity index (χ0) is 16.4. The molecule has 0 aliphatic heterocycles. The molecule has 4 unspecified atom stereocenters. The van der Waals surface area contributed by atoms with Gasteiger partial charge >= 0.3 is 5.97 Å². The highest BCUT2D eigenvalue weighted by atomic mass is 16.5. The van der Waals surface area contributed by atoms with Gasteiger partial charge in [0.15, 0.2) is 0 Å². The molecule has 0 heterocycles. The number of hydrogen-bond donors (Lipinski definition) is 0. The quantitative estimate of drug-likeness (QED) is 0.412. The first-order chi connectivity index (χ1) is 9.76. The Balaban J connectivity index is 4.25. The highest BCUT2D eigenvalue weighted by Crippen LogP contribution is 2.18. The monoisotopic (exact) mass is 294 g/mol. The van der Waals surface area contributed by atoms with Crippen molar-refractivity contribution in [3.8, 4) is 0 Å². The van der Waals surface area contributed by atoms with Crippen LogP contribution in [0.25, 0.3) is 0 Å². The number of ether oxygens (including phenoxy) is 1. The molecule has 0 N–H and O–H groups in total. The zero-order valence-corrected chi connectivity index (χ0v) is 15.0. The summed E-state index contributed by atoms with van der Waals surface area (Å²) in [4.78, 5) is 10.9. The summed E-state index contributed by atoms with van der Waals surface area (Å²) in [6.07, 6.45) is 10.1. The zero-order valence-electron chi connectivity index (χ0n) is 15.0. The van der Waals surface area contributed by atoms with Gasteiger partial charge in [-0.15, -0.1) is 0 Å². The molecule has 0 saturated carbocycles. The molecule has 0 aromatic carbocycles. The Morgan fingerprint density at radius 3 is 2.29 bits per heavy atom. The Kier molecular flexibility index (Phi) is 10.1. The number of carbonyl (C=O) groups excluding carboxylic acids is 1. The molecule has 0 bridgehead atoms. The summed E-state index contributed by atoms with van der Waals surface area (Å²) in [6, 6.07) is 0. The van der Waals surface area contributed by atoms with Gasteiger partial charge < -0.3 is 4.74 Å². The summed E-state index contributed by atoms with van der Waals surface area (Å²) < 4.78 is 5.20. The van der Waals surface area contributed by atoms with Gasteiger partial charge in [0.25, 0.3) is 0 Å². The van der Waals surface area contributed by atoms with Crippen molar-refractivity contribution in [3.63, 3.8) is 0 Å². The lowest BCUT2D eigenvalue weighted by Crippen LogP contribution is -2.20. The van der Waals surface area contributed by atoms with Gasteiger partial charge in [-0.2, -0.15) is 0 Å². The van der Waals surface area contributed by atoms with Crippen LogP contribution in [0.1, 0.15) is 67.7 Å². The molecule has 2 heteroatoms. The average molecular weight is 294 g/mol. The minimum absolute atomic E-state index is 0.0271. The molecule has 4 atom stereocenters. The van der Waals surface area contributed by atoms with E-state index in [0.29, 0.717) is 11.8 Å². The molecule has 0 saturated heterocycles. The van der Waals surface area contributed by atoms with Crippen molar-refractivity contribution in [2.24, 2.45) is 17.8 Å². The lowest BCUT2D eigenvalue weighted by atomic mass is 9.93. The Hall–Kier alpha value is -1.05. The maximum atomic E-state index is 10.9. The van der Waals surface area contributed by atoms with Gasteiger partial charge in [0, 0.05) is 6.92 Å². The Morgan fingerprint density at radius 1 is 1.14 bits per heavy atom. The standard InChI is InChI=1S/C19H34O2/c1-8-14(2)12-16(4)13-15(3)10-9-11-17(5)18(6)21-19(7)20/h9-10,13-14,16-18H,8,11-12H2,1-7H3. The fraction of sp³-hybridized carbons (Fsp3) is 0.737. The molecule has 0 aromatic heterocycles. The molecule has 122 valence electrons. The van der Waals surface area contributed by atoms with Crippen LogP contribution in [0.2, 0.25) is 0 Å². The van der Waals surface area contributed by atoms with Gasteiger partial charge in [0.05, 0.1) is 0 Å². The van der Waals surface area contributed by atoms with Gasteiger partial charge in [0.2, 0.25) is 0 Å². The van der Waals surface area contributed by atoms with E-state index in [-0.39, 0.29) is 12.1 Å². The summed E-state index contributed by atoms with van der Waals surface area (Å²) in [6.45, 7) is 14.5. The van der Waals surface area contributed by atoms with E-state index in [4.69, 9.17) is 4.74 Å². The second-order valence-corrected chi connectivity index (χ2v) is 6.57. The molecular weight excluding hydrogens is 260 g/mol. The van der Waals surface area contributed by atoms with Crippen LogP contribution in [0.5, 0.6) is 0 Å². The maximum Gasteiger partial charge on any atom is 0.302 e. The fourth-order valence-corrected chi connectivity index (χ4v) is 2.41. The predicted molar refractivity (Wildman–Crippen MR) is 91.1 cm³/mol. The van der Waals surface area contributed by atoms with Crippen LogP contribution < -0.4 is 0 Å². The van der Waals surface area contributed by atoms with Crippen LogP contribution in [0.15, 0.2) is 23.8 Å². The van der Waals surface area contributed by atoms with E-state index in [1.807, 2.05) is 6.92 Å². The van der Waals surface area contributed by atoms with Crippen LogP contribution in [0.4, 0.5) is 0 Å². The molecule has 2 nitrogen and oxygen atoms in total. The fourth-order valence-electron chi connectivity index (χ4n) is 2.41. The molecule has 0 amide bonds. The third-order valence-corrected chi connectivity index (χ3v) is 4.06. The van der Waals surface area contributed by atoms with Crippen molar-refractivity contribution in [2.75, 3.05) is 0 Å². The molecule has 0 aliphatic carbocycles. The van der Waals surface area contributed by atoms with E-state index >= 15 is 0 Å². The molecule has 0 spiro atoms. The molecule has 0 aromatic rings. The predicted octanol–water partition coefficient (Wildman–Crippen LogP) is 5.54. The minimum atomic E-state index is -0.201. The molecule has 0 aliphatic rings. The minimum Gasteiger partial charge on any atom is -0.463 e. The third-order valence-electron chi connectivity index (χ3n) is 4.06. The number of esters is 1. The van der Waals surface area contributed by atoms with E-state index < -0.39 is 0 Å². The first-order valence-corrected chi connectivity index (χ1v) is 8.28. The van der Waals surface area contributed by atoms with Crippen molar-refractivity contribution < 1.29 is 9.53 Å². The van der Waals surface area contributed by atoms with Crippen LogP contribution in [-0.2, 0) is 9.53 Å². The topological polar surface area (TPSA) is 26.3 Å². The lowest BCUT2D eigenvalue weighted by molar-refractivity contribution is -0.147. The van der Waals surface area contributed by atoms with E-state index in [1.54, 1.807) is 0 Å². The second kappa shape index (κ2) is 10.6. The number of carbonyl (C=O) groups is 1. The third kappa shape index (κ3) is 10.3. The van der Waals surface area contributed by atoms with Gasteiger partial charge in [-0.05, 0) is 44.4 Å². The summed E-state index contributed by atoms with van der Waals surface area (Å²) in [5, 5.41) is 0.